The zero-order chi connectivity index (χ0) is 9.97. The highest BCUT2D eigenvalue weighted by Gasteiger charge is 2.12. The lowest BCUT2D eigenvalue weighted by Gasteiger charge is -2.26. The van der Waals surface area contributed by atoms with Gasteiger partial charge in [0.15, 0.2) is 5.95 Å². The largest absolute Gasteiger partial charge is 0.369 e. The molecule has 0 aliphatic carbocycles. The van der Waals surface area contributed by atoms with E-state index in [0.29, 0.717) is 5.95 Å². The van der Waals surface area contributed by atoms with Gasteiger partial charge in [-0.15, -0.1) is 0 Å². The Morgan fingerprint density at radius 3 is 2.79 bits per heavy atom. The van der Waals surface area contributed by atoms with Gasteiger partial charge in [0.2, 0.25) is 0 Å². The summed E-state index contributed by atoms with van der Waals surface area (Å²) in [6.07, 6.45) is 1.86. The van der Waals surface area contributed by atoms with E-state index in [1.807, 2.05) is 17.8 Å². The maximum atomic E-state index is 5.67. The van der Waals surface area contributed by atoms with Crippen LogP contribution in [0.1, 0.15) is 5.69 Å². The first kappa shape index (κ1) is 9.48. The summed E-state index contributed by atoms with van der Waals surface area (Å²) in [5, 5.41) is 3.33. The van der Waals surface area contributed by atoms with Crippen LogP contribution in [0.5, 0.6) is 0 Å². The summed E-state index contributed by atoms with van der Waals surface area (Å²) in [7, 11) is 1.96. The van der Waals surface area contributed by atoms with Gasteiger partial charge in [0.25, 0.3) is 0 Å². The van der Waals surface area contributed by atoms with Crippen LogP contribution in [-0.2, 0) is 13.6 Å². The third-order valence-corrected chi connectivity index (χ3v) is 2.72. The lowest BCUT2D eigenvalue weighted by molar-refractivity contribution is 0.229. The number of imidazole rings is 1. The first-order valence-corrected chi connectivity index (χ1v) is 4.96. The Morgan fingerprint density at radius 2 is 2.21 bits per heavy atom. The number of nitrogens with one attached hydrogen (secondary N) is 1. The number of hydrogen-bond acceptors (Lipinski definition) is 4. The molecule has 1 aliphatic heterocycles. The average molecular weight is 195 g/mol. The molecule has 0 atom stereocenters. The molecule has 2 rings (SSSR count). The molecule has 3 N–H and O–H groups in total. The topological polar surface area (TPSA) is 59.1 Å². The van der Waals surface area contributed by atoms with Crippen LogP contribution in [0.3, 0.4) is 0 Å². The molecule has 0 radical (unpaired) electrons. The van der Waals surface area contributed by atoms with Gasteiger partial charge in [-0.1, -0.05) is 0 Å². The van der Waals surface area contributed by atoms with E-state index in [2.05, 4.69) is 15.2 Å². The second-order valence-electron chi connectivity index (χ2n) is 3.69. The minimum absolute atomic E-state index is 0.593. The highest BCUT2D eigenvalue weighted by atomic mass is 15.2. The Balaban J connectivity index is 1.99. The van der Waals surface area contributed by atoms with Gasteiger partial charge < -0.3 is 15.6 Å². The van der Waals surface area contributed by atoms with Crippen LogP contribution in [0.4, 0.5) is 5.95 Å². The molecule has 0 saturated carbocycles. The molecule has 2 heterocycles. The molecule has 5 nitrogen and oxygen atoms in total. The lowest BCUT2D eigenvalue weighted by Crippen LogP contribution is -2.43. The molecule has 1 aliphatic rings. The molecule has 1 saturated heterocycles. The van der Waals surface area contributed by atoms with Crippen molar-refractivity contribution in [2.24, 2.45) is 7.05 Å². The van der Waals surface area contributed by atoms with Gasteiger partial charge in [0.1, 0.15) is 0 Å². The van der Waals surface area contributed by atoms with Crippen molar-refractivity contribution in [1.29, 1.82) is 0 Å². The second kappa shape index (κ2) is 3.98. The lowest BCUT2D eigenvalue weighted by atomic mass is 10.3. The number of nitrogens with zero attached hydrogens (tertiary/aromatic N) is 3. The molecule has 78 valence electrons. The molecule has 1 fully saturated rings. The smallest absolute Gasteiger partial charge is 0.200 e. The van der Waals surface area contributed by atoms with Crippen molar-refractivity contribution < 1.29 is 0 Å². The standard InChI is InChI=1S/C9H17N5/c1-13-8(6-12-9(13)10)7-14-4-2-11-3-5-14/h6,11H,2-5,7H2,1H3,(H2,10,12). The monoisotopic (exact) mass is 195 g/mol. The number of nitrogen functional groups attached to an aromatic ring is 1. The Kier molecular flexibility index (Phi) is 2.69. The van der Waals surface area contributed by atoms with E-state index >= 15 is 0 Å². The molecule has 0 amide bonds. The van der Waals surface area contributed by atoms with E-state index in [0.717, 1.165) is 32.7 Å². The molecular formula is C9H17N5. The summed E-state index contributed by atoms with van der Waals surface area (Å²) in [5.41, 5.74) is 6.85. The predicted octanol–water partition coefficient (Wildman–Crippen LogP) is -0.592. The highest BCUT2D eigenvalue weighted by Crippen LogP contribution is 2.08. The second-order valence-corrected chi connectivity index (χ2v) is 3.69. The number of anilines is 1. The minimum Gasteiger partial charge on any atom is -0.369 e. The van der Waals surface area contributed by atoms with Crippen LogP contribution in [0.2, 0.25) is 0 Å². The molecule has 0 aromatic carbocycles. The molecule has 5 heteroatoms. The summed E-state index contributed by atoms with van der Waals surface area (Å²) in [6.45, 7) is 5.30. The number of piperazine rings is 1. The van der Waals surface area contributed by atoms with E-state index in [-0.39, 0.29) is 0 Å². The molecule has 1 aromatic heterocycles. The third-order valence-electron chi connectivity index (χ3n) is 2.72. The Labute approximate surface area is 83.9 Å². The Bertz CT molecular complexity index is 300. The first-order chi connectivity index (χ1) is 6.77. The summed E-state index contributed by atoms with van der Waals surface area (Å²) in [4.78, 5) is 6.49. The van der Waals surface area contributed by atoms with E-state index < -0.39 is 0 Å². The average Bonchev–Trinajstić information content (AvgIpc) is 2.52. The van der Waals surface area contributed by atoms with Crippen molar-refractivity contribution in [2.75, 3.05) is 31.9 Å². The van der Waals surface area contributed by atoms with Crippen molar-refractivity contribution >= 4 is 5.95 Å². The van der Waals surface area contributed by atoms with Crippen molar-refractivity contribution in [1.82, 2.24) is 19.8 Å². The summed E-state index contributed by atoms with van der Waals surface area (Å²) in [5.74, 6) is 0.593. The van der Waals surface area contributed by atoms with Gasteiger partial charge >= 0.3 is 0 Å². The number of nitrogens with two attached hydrogens (primary N) is 1. The SMILES string of the molecule is Cn1c(CN2CCNCC2)cnc1N. The van der Waals surface area contributed by atoms with Crippen LogP contribution in [0, 0.1) is 0 Å². The quantitative estimate of drug-likeness (QED) is 0.662. The van der Waals surface area contributed by atoms with Crippen molar-refractivity contribution in [3.05, 3.63) is 11.9 Å². The van der Waals surface area contributed by atoms with Crippen LogP contribution < -0.4 is 11.1 Å². The zero-order valence-corrected chi connectivity index (χ0v) is 8.53. The Hall–Kier alpha value is -1.07. The van der Waals surface area contributed by atoms with Crippen LogP contribution in [-0.4, -0.2) is 40.6 Å². The maximum absolute atomic E-state index is 5.67. The van der Waals surface area contributed by atoms with E-state index in [1.54, 1.807) is 0 Å². The van der Waals surface area contributed by atoms with Gasteiger partial charge in [-0.3, -0.25) is 4.90 Å². The molecule has 0 spiro atoms. The minimum atomic E-state index is 0.593. The van der Waals surface area contributed by atoms with E-state index in [9.17, 15) is 0 Å². The van der Waals surface area contributed by atoms with Crippen molar-refractivity contribution in [2.45, 2.75) is 6.54 Å². The molecule has 0 unspecified atom stereocenters. The van der Waals surface area contributed by atoms with Gasteiger partial charge in [-0.25, -0.2) is 4.98 Å². The predicted molar refractivity (Wildman–Crippen MR) is 55.8 cm³/mol. The van der Waals surface area contributed by atoms with Crippen LogP contribution in [0.25, 0.3) is 0 Å². The third kappa shape index (κ3) is 1.88. The number of rotatable bonds is 2. The molecule has 0 bridgehead atoms. The van der Waals surface area contributed by atoms with Crippen LogP contribution in [0.15, 0.2) is 6.20 Å². The number of hydrogen-bond donors (Lipinski definition) is 2. The zero-order valence-electron chi connectivity index (χ0n) is 8.53. The van der Waals surface area contributed by atoms with Crippen molar-refractivity contribution in [3.63, 3.8) is 0 Å². The first-order valence-electron chi connectivity index (χ1n) is 4.96. The van der Waals surface area contributed by atoms with Crippen LogP contribution >= 0.6 is 0 Å². The fourth-order valence-electron chi connectivity index (χ4n) is 1.71. The fraction of sp³-hybridized carbons (Fsp3) is 0.667. The van der Waals surface area contributed by atoms with Gasteiger partial charge in [-0.2, -0.15) is 0 Å². The normalized spacial score (nSPS) is 18.6. The van der Waals surface area contributed by atoms with E-state index in [4.69, 9.17) is 5.73 Å². The summed E-state index contributed by atoms with van der Waals surface area (Å²) >= 11 is 0. The van der Waals surface area contributed by atoms with Gasteiger partial charge in [-0.05, 0) is 0 Å². The molecular weight excluding hydrogens is 178 g/mol. The highest BCUT2D eigenvalue weighted by molar-refractivity contribution is 5.21. The van der Waals surface area contributed by atoms with Gasteiger partial charge in [0, 0.05) is 39.8 Å². The summed E-state index contributed by atoms with van der Waals surface area (Å²) < 4.78 is 1.95. The summed E-state index contributed by atoms with van der Waals surface area (Å²) in [6, 6.07) is 0. The Morgan fingerprint density at radius 1 is 1.50 bits per heavy atom. The number of aromatic nitrogens is 2. The molecule has 14 heavy (non-hydrogen) atoms. The van der Waals surface area contributed by atoms with Gasteiger partial charge in [0.05, 0.1) is 11.9 Å². The fourth-order valence-corrected chi connectivity index (χ4v) is 1.71. The van der Waals surface area contributed by atoms with E-state index in [1.165, 1.54) is 5.69 Å². The maximum Gasteiger partial charge on any atom is 0.200 e. The van der Waals surface area contributed by atoms with Crippen molar-refractivity contribution in [3.8, 4) is 0 Å². The molecule has 1 aromatic rings.